The molecule has 0 aliphatic carbocycles. The van der Waals surface area contributed by atoms with Crippen molar-refractivity contribution in [2.24, 2.45) is 0 Å². The number of ether oxygens (including phenoxy) is 1. The van der Waals surface area contributed by atoms with Gasteiger partial charge < -0.3 is 14.5 Å². The maximum Gasteiger partial charge on any atom is 0.253 e. The van der Waals surface area contributed by atoms with Gasteiger partial charge in [-0.15, -0.1) is 11.3 Å². The zero-order chi connectivity index (χ0) is 17.8. The first-order chi connectivity index (χ1) is 12.1. The Bertz CT molecular complexity index is 749. The Morgan fingerprint density at radius 1 is 1.12 bits per heavy atom. The topological polar surface area (TPSA) is 62.7 Å². The van der Waals surface area contributed by atoms with Crippen LogP contribution in [0.25, 0.3) is 0 Å². The van der Waals surface area contributed by atoms with Crippen molar-refractivity contribution in [3.05, 3.63) is 45.9 Å². The Balaban J connectivity index is 1.53. The van der Waals surface area contributed by atoms with Crippen LogP contribution in [0.3, 0.4) is 0 Å². The van der Waals surface area contributed by atoms with Crippen LogP contribution in [0, 0.1) is 6.92 Å². The molecule has 6 nitrogen and oxygen atoms in total. The van der Waals surface area contributed by atoms with Crippen LogP contribution in [0.2, 0.25) is 0 Å². The van der Waals surface area contributed by atoms with Crippen LogP contribution >= 0.6 is 11.3 Å². The highest BCUT2D eigenvalue weighted by Gasteiger charge is 2.25. The average molecular weight is 359 g/mol. The molecule has 1 aromatic heterocycles. The van der Waals surface area contributed by atoms with Gasteiger partial charge in [-0.2, -0.15) is 0 Å². The van der Waals surface area contributed by atoms with E-state index in [9.17, 15) is 9.59 Å². The predicted molar refractivity (Wildman–Crippen MR) is 96.0 cm³/mol. The Hall–Kier alpha value is -2.41. The second kappa shape index (κ2) is 7.65. The fourth-order valence-electron chi connectivity index (χ4n) is 2.83. The highest BCUT2D eigenvalue weighted by molar-refractivity contribution is 7.09. The second-order valence-electron chi connectivity index (χ2n) is 5.94. The van der Waals surface area contributed by atoms with Gasteiger partial charge in [0.15, 0.2) is 0 Å². The Morgan fingerprint density at radius 2 is 1.76 bits per heavy atom. The number of nitrogens with zero attached hydrogens (tertiary/aromatic N) is 3. The predicted octanol–water partition coefficient (Wildman–Crippen LogP) is 1.99. The maximum atomic E-state index is 12.5. The second-order valence-corrected chi connectivity index (χ2v) is 7.00. The molecule has 7 heteroatoms. The van der Waals surface area contributed by atoms with Crippen LogP contribution in [0.1, 0.15) is 21.1 Å². The highest BCUT2D eigenvalue weighted by atomic mass is 32.1. The van der Waals surface area contributed by atoms with Crippen LogP contribution in [0.4, 0.5) is 0 Å². The number of thiazole rings is 1. The molecule has 0 atom stereocenters. The molecule has 1 aliphatic rings. The maximum absolute atomic E-state index is 12.5. The van der Waals surface area contributed by atoms with Gasteiger partial charge in [0.2, 0.25) is 5.91 Å². The van der Waals surface area contributed by atoms with Crippen LogP contribution < -0.4 is 4.74 Å². The first-order valence-electron chi connectivity index (χ1n) is 8.19. The van der Waals surface area contributed by atoms with E-state index in [0.717, 1.165) is 16.5 Å². The van der Waals surface area contributed by atoms with Crippen LogP contribution in [-0.2, 0) is 11.2 Å². The third-order valence-electron chi connectivity index (χ3n) is 4.26. The summed E-state index contributed by atoms with van der Waals surface area (Å²) in [5, 5.41) is 2.90. The number of hydrogen-bond acceptors (Lipinski definition) is 5. The lowest BCUT2D eigenvalue weighted by Crippen LogP contribution is -2.51. The van der Waals surface area contributed by atoms with Gasteiger partial charge >= 0.3 is 0 Å². The lowest BCUT2D eigenvalue weighted by atomic mass is 10.1. The van der Waals surface area contributed by atoms with Crippen molar-refractivity contribution in [2.45, 2.75) is 13.3 Å². The molecular formula is C18H21N3O3S. The fraction of sp³-hybridized carbons (Fsp3) is 0.389. The summed E-state index contributed by atoms with van der Waals surface area (Å²) in [6.07, 6.45) is 0.330. The number of piperazine rings is 1. The van der Waals surface area contributed by atoms with Crippen molar-refractivity contribution < 1.29 is 14.3 Å². The molecule has 3 rings (SSSR count). The third kappa shape index (κ3) is 4.17. The van der Waals surface area contributed by atoms with Crippen molar-refractivity contribution in [2.75, 3.05) is 33.3 Å². The lowest BCUT2D eigenvalue weighted by Gasteiger charge is -2.34. The lowest BCUT2D eigenvalue weighted by molar-refractivity contribution is -0.132. The molecule has 0 radical (unpaired) electrons. The molecule has 1 fully saturated rings. The van der Waals surface area contributed by atoms with E-state index in [1.807, 2.05) is 17.2 Å². The minimum atomic E-state index is -0.00937. The van der Waals surface area contributed by atoms with Gasteiger partial charge in [-0.05, 0) is 31.2 Å². The number of benzene rings is 1. The molecule has 1 aliphatic heterocycles. The molecule has 132 valence electrons. The number of carbonyl (C=O) groups is 2. The van der Waals surface area contributed by atoms with Crippen LogP contribution in [0.5, 0.6) is 5.75 Å². The first kappa shape index (κ1) is 17.4. The van der Waals surface area contributed by atoms with Crippen molar-refractivity contribution in [3.63, 3.8) is 0 Å². The summed E-state index contributed by atoms with van der Waals surface area (Å²) in [5.41, 5.74) is 1.46. The van der Waals surface area contributed by atoms with Gasteiger partial charge in [0.1, 0.15) is 5.75 Å². The molecular weight excluding hydrogens is 338 g/mol. The normalized spacial score (nSPS) is 14.5. The van der Waals surface area contributed by atoms with E-state index in [-0.39, 0.29) is 11.8 Å². The van der Waals surface area contributed by atoms with Crippen LogP contribution in [-0.4, -0.2) is 59.9 Å². The number of methoxy groups -OCH3 is 1. The first-order valence-corrected chi connectivity index (χ1v) is 9.07. The monoisotopic (exact) mass is 359 g/mol. The van der Waals surface area contributed by atoms with Gasteiger partial charge in [0.05, 0.1) is 24.2 Å². The molecule has 2 heterocycles. The van der Waals surface area contributed by atoms with Gasteiger partial charge in [-0.1, -0.05) is 0 Å². The van der Waals surface area contributed by atoms with Gasteiger partial charge in [0.25, 0.3) is 5.91 Å². The van der Waals surface area contributed by atoms with Crippen molar-refractivity contribution in [3.8, 4) is 5.75 Å². The van der Waals surface area contributed by atoms with Crippen molar-refractivity contribution in [1.82, 2.24) is 14.8 Å². The molecule has 1 aromatic carbocycles. The molecule has 0 saturated carbocycles. The summed E-state index contributed by atoms with van der Waals surface area (Å²) < 4.78 is 5.11. The summed E-state index contributed by atoms with van der Waals surface area (Å²) >= 11 is 1.55. The molecule has 2 aromatic rings. The number of rotatable bonds is 4. The number of carbonyl (C=O) groups excluding carboxylic acids is 2. The van der Waals surface area contributed by atoms with E-state index in [1.54, 1.807) is 47.6 Å². The van der Waals surface area contributed by atoms with Crippen molar-refractivity contribution in [1.29, 1.82) is 0 Å². The average Bonchev–Trinajstić information content (AvgIpc) is 3.06. The minimum absolute atomic E-state index is 0.00937. The molecule has 0 bridgehead atoms. The minimum Gasteiger partial charge on any atom is -0.497 e. The summed E-state index contributed by atoms with van der Waals surface area (Å²) in [5.74, 6) is 0.788. The van der Waals surface area contributed by atoms with Gasteiger partial charge in [-0.3, -0.25) is 9.59 Å². The standard InChI is InChI=1S/C18H21N3O3S/c1-13-19-15(12-25-13)11-17(22)20-7-9-21(10-8-20)18(23)14-3-5-16(24-2)6-4-14/h3-6,12H,7-11H2,1-2H3. The van der Waals surface area contributed by atoms with E-state index >= 15 is 0 Å². The number of aryl methyl sites for hydroxylation is 1. The summed E-state index contributed by atoms with van der Waals surface area (Å²) in [6.45, 7) is 4.15. The zero-order valence-corrected chi connectivity index (χ0v) is 15.2. The molecule has 0 unspecified atom stereocenters. The number of amides is 2. The van der Waals surface area contributed by atoms with E-state index in [0.29, 0.717) is 38.2 Å². The molecule has 0 spiro atoms. The zero-order valence-electron chi connectivity index (χ0n) is 14.4. The number of aromatic nitrogens is 1. The van der Waals surface area contributed by atoms with Crippen LogP contribution in [0.15, 0.2) is 29.6 Å². The van der Waals surface area contributed by atoms with E-state index in [1.165, 1.54) is 0 Å². The highest BCUT2D eigenvalue weighted by Crippen LogP contribution is 2.15. The molecule has 0 N–H and O–H groups in total. The summed E-state index contributed by atoms with van der Waals surface area (Å²) in [4.78, 5) is 32.9. The fourth-order valence-corrected chi connectivity index (χ4v) is 3.44. The van der Waals surface area contributed by atoms with E-state index < -0.39 is 0 Å². The largest absolute Gasteiger partial charge is 0.497 e. The summed E-state index contributed by atoms with van der Waals surface area (Å²) in [6, 6.07) is 7.10. The molecule has 2 amide bonds. The molecule has 1 saturated heterocycles. The Morgan fingerprint density at radius 3 is 2.32 bits per heavy atom. The quantitative estimate of drug-likeness (QED) is 0.838. The van der Waals surface area contributed by atoms with E-state index in [4.69, 9.17) is 4.74 Å². The number of hydrogen-bond donors (Lipinski definition) is 0. The third-order valence-corrected chi connectivity index (χ3v) is 5.08. The summed E-state index contributed by atoms with van der Waals surface area (Å²) in [7, 11) is 1.60. The Labute approximate surface area is 151 Å². The van der Waals surface area contributed by atoms with Crippen molar-refractivity contribution >= 4 is 23.2 Å². The van der Waals surface area contributed by atoms with Gasteiger partial charge in [-0.25, -0.2) is 4.98 Å². The van der Waals surface area contributed by atoms with E-state index in [2.05, 4.69) is 4.98 Å². The van der Waals surface area contributed by atoms with Gasteiger partial charge in [0, 0.05) is 37.1 Å². The SMILES string of the molecule is COc1ccc(C(=O)N2CCN(C(=O)Cc3csc(C)n3)CC2)cc1. The smallest absolute Gasteiger partial charge is 0.253 e. The Kier molecular flexibility index (Phi) is 5.33. The molecule has 25 heavy (non-hydrogen) atoms.